The minimum absolute atomic E-state index is 0.0490. The summed E-state index contributed by atoms with van der Waals surface area (Å²) < 4.78 is 39.0. The summed E-state index contributed by atoms with van der Waals surface area (Å²) in [7, 11) is 0. The number of alkyl halides is 3. The van der Waals surface area contributed by atoms with Gasteiger partial charge in [0.2, 0.25) is 5.91 Å². The number of hydrogen-bond acceptors (Lipinski definition) is 2. The summed E-state index contributed by atoms with van der Waals surface area (Å²) in [4.78, 5) is 12.2. The van der Waals surface area contributed by atoms with E-state index in [0.717, 1.165) is 19.4 Å². The zero-order chi connectivity index (χ0) is 14.8. The number of piperidine rings is 1. The van der Waals surface area contributed by atoms with E-state index in [1.54, 1.807) is 0 Å². The maximum Gasteiger partial charge on any atom is 0.392 e. The number of rotatable bonds is 2. The maximum absolute atomic E-state index is 13.0. The molecule has 0 spiro atoms. The molecule has 1 saturated carbocycles. The van der Waals surface area contributed by atoms with Gasteiger partial charge in [-0.1, -0.05) is 12.8 Å². The van der Waals surface area contributed by atoms with Gasteiger partial charge < -0.3 is 10.6 Å². The molecule has 0 bridgehead atoms. The monoisotopic (exact) mass is 292 g/mol. The zero-order valence-electron chi connectivity index (χ0n) is 11.8. The molecule has 1 aliphatic heterocycles. The van der Waals surface area contributed by atoms with Gasteiger partial charge in [-0.25, -0.2) is 0 Å². The number of hydrogen-bond donors (Lipinski definition) is 2. The highest BCUT2D eigenvalue weighted by Crippen LogP contribution is 2.41. The first-order valence-electron chi connectivity index (χ1n) is 7.50. The van der Waals surface area contributed by atoms with E-state index in [1.165, 1.54) is 0 Å². The first kappa shape index (κ1) is 15.6. The molecular weight excluding hydrogens is 269 g/mol. The Kier molecular flexibility index (Phi) is 4.94. The predicted molar refractivity (Wildman–Crippen MR) is 70.1 cm³/mol. The van der Waals surface area contributed by atoms with Crippen molar-refractivity contribution in [3.05, 3.63) is 0 Å². The number of amides is 1. The normalized spacial score (nSPS) is 35.6. The molecule has 1 aliphatic carbocycles. The lowest BCUT2D eigenvalue weighted by Crippen LogP contribution is -2.54. The van der Waals surface area contributed by atoms with Crippen molar-refractivity contribution in [3.8, 4) is 0 Å². The topological polar surface area (TPSA) is 41.1 Å². The highest BCUT2D eigenvalue weighted by molar-refractivity contribution is 5.79. The lowest BCUT2D eigenvalue weighted by atomic mass is 9.78. The third-order valence-electron chi connectivity index (χ3n) is 4.61. The van der Waals surface area contributed by atoms with Crippen molar-refractivity contribution in [3.63, 3.8) is 0 Å². The maximum atomic E-state index is 13.0. The van der Waals surface area contributed by atoms with Gasteiger partial charge in [-0.3, -0.25) is 4.79 Å². The minimum atomic E-state index is -4.27. The van der Waals surface area contributed by atoms with Crippen LogP contribution in [0.4, 0.5) is 13.2 Å². The fourth-order valence-electron chi connectivity index (χ4n) is 3.37. The SMILES string of the molecule is CC1NCCCC1NC(=O)C1CCCCC1C(F)(F)F. The van der Waals surface area contributed by atoms with E-state index in [1.807, 2.05) is 6.92 Å². The van der Waals surface area contributed by atoms with Crippen molar-refractivity contribution < 1.29 is 18.0 Å². The number of halogens is 3. The van der Waals surface area contributed by atoms with Crippen LogP contribution in [-0.2, 0) is 4.79 Å². The second-order valence-corrected chi connectivity index (χ2v) is 6.04. The van der Waals surface area contributed by atoms with Crippen LogP contribution in [0.5, 0.6) is 0 Å². The highest BCUT2D eigenvalue weighted by atomic mass is 19.4. The van der Waals surface area contributed by atoms with E-state index in [0.29, 0.717) is 19.3 Å². The van der Waals surface area contributed by atoms with Crippen molar-refractivity contribution in [2.75, 3.05) is 6.54 Å². The van der Waals surface area contributed by atoms with E-state index in [2.05, 4.69) is 10.6 Å². The van der Waals surface area contributed by atoms with Crippen LogP contribution >= 0.6 is 0 Å². The van der Waals surface area contributed by atoms with E-state index in [4.69, 9.17) is 0 Å². The van der Waals surface area contributed by atoms with Gasteiger partial charge in [0.1, 0.15) is 0 Å². The van der Waals surface area contributed by atoms with Gasteiger partial charge in [0.15, 0.2) is 0 Å². The van der Waals surface area contributed by atoms with Crippen molar-refractivity contribution in [1.29, 1.82) is 0 Å². The predicted octanol–water partition coefficient (Wildman–Crippen LogP) is 2.61. The smallest absolute Gasteiger partial charge is 0.352 e. The Labute approximate surface area is 117 Å². The van der Waals surface area contributed by atoms with Crippen LogP contribution in [-0.4, -0.2) is 30.7 Å². The molecule has 4 atom stereocenters. The van der Waals surface area contributed by atoms with Crippen LogP contribution in [0.3, 0.4) is 0 Å². The Morgan fingerprint density at radius 3 is 2.50 bits per heavy atom. The van der Waals surface area contributed by atoms with Gasteiger partial charge in [-0.15, -0.1) is 0 Å². The Bertz CT molecular complexity index is 346. The van der Waals surface area contributed by atoms with Crippen LogP contribution in [0.15, 0.2) is 0 Å². The Hall–Kier alpha value is -0.780. The summed E-state index contributed by atoms with van der Waals surface area (Å²) >= 11 is 0. The standard InChI is InChI=1S/C14H23F3N2O/c1-9-12(7-4-8-18-9)19-13(20)10-5-2-3-6-11(10)14(15,16)17/h9-12,18H,2-8H2,1H3,(H,19,20). The second-order valence-electron chi connectivity index (χ2n) is 6.04. The second kappa shape index (κ2) is 6.33. The van der Waals surface area contributed by atoms with E-state index < -0.39 is 23.9 Å². The summed E-state index contributed by atoms with van der Waals surface area (Å²) in [5.41, 5.74) is 0. The molecule has 2 N–H and O–H groups in total. The Balaban J connectivity index is 1.99. The average Bonchev–Trinajstić information content (AvgIpc) is 2.40. The van der Waals surface area contributed by atoms with Gasteiger partial charge in [-0.05, 0) is 39.2 Å². The number of carbonyl (C=O) groups is 1. The lowest BCUT2D eigenvalue weighted by Gasteiger charge is -2.35. The third-order valence-corrected chi connectivity index (χ3v) is 4.61. The fourth-order valence-corrected chi connectivity index (χ4v) is 3.37. The van der Waals surface area contributed by atoms with Gasteiger partial charge in [0, 0.05) is 18.0 Å². The first-order chi connectivity index (χ1) is 9.39. The summed E-state index contributed by atoms with van der Waals surface area (Å²) in [6.45, 7) is 2.87. The van der Waals surface area contributed by atoms with Crippen LogP contribution in [0.1, 0.15) is 45.4 Å². The van der Waals surface area contributed by atoms with Crippen LogP contribution in [0, 0.1) is 11.8 Å². The lowest BCUT2D eigenvalue weighted by molar-refractivity contribution is -0.198. The molecule has 2 aliphatic rings. The zero-order valence-corrected chi connectivity index (χ0v) is 11.8. The molecule has 116 valence electrons. The molecule has 3 nitrogen and oxygen atoms in total. The molecular formula is C14H23F3N2O. The number of carbonyl (C=O) groups excluding carboxylic acids is 1. The molecule has 2 rings (SSSR count). The van der Waals surface area contributed by atoms with E-state index in [-0.39, 0.29) is 18.5 Å². The van der Waals surface area contributed by atoms with Crippen LogP contribution in [0.2, 0.25) is 0 Å². The van der Waals surface area contributed by atoms with E-state index >= 15 is 0 Å². The highest BCUT2D eigenvalue weighted by Gasteiger charge is 2.48. The number of nitrogens with one attached hydrogen (secondary N) is 2. The molecule has 0 radical (unpaired) electrons. The van der Waals surface area contributed by atoms with Crippen LogP contribution in [0.25, 0.3) is 0 Å². The van der Waals surface area contributed by atoms with Gasteiger partial charge >= 0.3 is 6.18 Å². The minimum Gasteiger partial charge on any atom is -0.352 e. The average molecular weight is 292 g/mol. The summed E-state index contributed by atoms with van der Waals surface area (Å²) in [6, 6.07) is 0.0766. The molecule has 0 aromatic rings. The quantitative estimate of drug-likeness (QED) is 0.821. The molecule has 0 aromatic heterocycles. The first-order valence-corrected chi connectivity index (χ1v) is 7.50. The largest absolute Gasteiger partial charge is 0.392 e. The molecule has 1 amide bonds. The molecule has 1 saturated heterocycles. The molecule has 1 heterocycles. The van der Waals surface area contributed by atoms with Crippen molar-refractivity contribution in [2.24, 2.45) is 11.8 Å². The van der Waals surface area contributed by atoms with Crippen molar-refractivity contribution >= 4 is 5.91 Å². The van der Waals surface area contributed by atoms with Crippen molar-refractivity contribution in [1.82, 2.24) is 10.6 Å². The molecule has 4 unspecified atom stereocenters. The molecule has 2 fully saturated rings. The summed E-state index contributed by atoms with van der Waals surface area (Å²) in [5.74, 6) is -2.78. The third kappa shape index (κ3) is 3.65. The van der Waals surface area contributed by atoms with Gasteiger partial charge in [-0.2, -0.15) is 13.2 Å². The molecule has 0 aromatic carbocycles. The summed E-state index contributed by atoms with van der Waals surface area (Å²) in [6.07, 6.45) is -0.770. The fraction of sp³-hybridized carbons (Fsp3) is 0.929. The Morgan fingerprint density at radius 1 is 1.15 bits per heavy atom. The van der Waals surface area contributed by atoms with E-state index in [9.17, 15) is 18.0 Å². The van der Waals surface area contributed by atoms with Crippen LogP contribution < -0.4 is 10.6 Å². The van der Waals surface area contributed by atoms with Crippen molar-refractivity contribution in [2.45, 2.75) is 63.7 Å². The van der Waals surface area contributed by atoms with Gasteiger partial charge in [0.05, 0.1) is 5.92 Å². The molecule has 20 heavy (non-hydrogen) atoms. The van der Waals surface area contributed by atoms with Gasteiger partial charge in [0.25, 0.3) is 0 Å². The Morgan fingerprint density at radius 2 is 1.85 bits per heavy atom. The summed E-state index contributed by atoms with van der Waals surface area (Å²) in [5, 5.41) is 6.08. The molecule has 6 heteroatoms.